The van der Waals surface area contributed by atoms with Gasteiger partial charge in [0.15, 0.2) is 0 Å². The van der Waals surface area contributed by atoms with Crippen molar-refractivity contribution in [2.45, 2.75) is 20.8 Å². The van der Waals surface area contributed by atoms with Crippen LogP contribution in [0.1, 0.15) is 16.0 Å². The summed E-state index contributed by atoms with van der Waals surface area (Å²) in [5, 5.41) is 4.08. The average molecular weight is 343 g/mol. The first-order valence-electron chi connectivity index (χ1n) is 8.43. The van der Waals surface area contributed by atoms with E-state index in [9.17, 15) is 4.79 Å². The molecular formula is C19H25N3OS. The fourth-order valence-corrected chi connectivity index (χ4v) is 4.12. The van der Waals surface area contributed by atoms with Gasteiger partial charge in [0.25, 0.3) is 0 Å². The van der Waals surface area contributed by atoms with Crippen molar-refractivity contribution in [3.8, 4) is 0 Å². The molecule has 1 aromatic carbocycles. The Morgan fingerprint density at radius 3 is 2.29 bits per heavy atom. The lowest BCUT2D eigenvalue weighted by molar-refractivity contribution is -0.117. The van der Waals surface area contributed by atoms with Crippen molar-refractivity contribution >= 4 is 27.9 Å². The molecule has 0 bridgehead atoms. The Morgan fingerprint density at radius 2 is 1.71 bits per heavy atom. The number of nitrogens with zero attached hydrogens (tertiary/aromatic N) is 2. The molecule has 0 unspecified atom stereocenters. The van der Waals surface area contributed by atoms with Crippen LogP contribution >= 0.6 is 11.3 Å². The highest BCUT2D eigenvalue weighted by molar-refractivity contribution is 7.16. The molecular weight excluding hydrogens is 318 g/mol. The number of thiophene rings is 1. The first kappa shape index (κ1) is 17.0. The summed E-state index contributed by atoms with van der Waals surface area (Å²) in [7, 11) is 0. The van der Waals surface area contributed by atoms with Crippen molar-refractivity contribution in [1.82, 2.24) is 4.90 Å². The Hall–Kier alpha value is -1.85. The van der Waals surface area contributed by atoms with Gasteiger partial charge in [-0.2, -0.15) is 0 Å². The van der Waals surface area contributed by atoms with Crippen LogP contribution in [0.4, 0.5) is 10.7 Å². The number of benzene rings is 1. The van der Waals surface area contributed by atoms with Crippen LogP contribution in [-0.2, 0) is 4.79 Å². The van der Waals surface area contributed by atoms with Gasteiger partial charge in [-0.05, 0) is 44.0 Å². The highest BCUT2D eigenvalue weighted by atomic mass is 32.1. The van der Waals surface area contributed by atoms with Crippen LogP contribution < -0.4 is 10.2 Å². The quantitative estimate of drug-likeness (QED) is 0.924. The van der Waals surface area contributed by atoms with Crippen LogP contribution in [0.5, 0.6) is 0 Å². The van der Waals surface area contributed by atoms with Crippen molar-refractivity contribution in [2.75, 3.05) is 42.9 Å². The zero-order chi connectivity index (χ0) is 17.1. The molecule has 1 saturated heterocycles. The molecule has 3 rings (SSSR count). The van der Waals surface area contributed by atoms with E-state index in [1.807, 2.05) is 6.07 Å². The second-order valence-corrected chi connectivity index (χ2v) is 7.61. The lowest BCUT2D eigenvalue weighted by Crippen LogP contribution is -2.48. The van der Waals surface area contributed by atoms with Crippen molar-refractivity contribution in [2.24, 2.45) is 0 Å². The van der Waals surface area contributed by atoms with Crippen LogP contribution in [0.25, 0.3) is 0 Å². The topological polar surface area (TPSA) is 35.6 Å². The first-order valence-corrected chi connectivity index (χ1v) is 9.25. The minimum Gasteiger partial charge on any atom is -0.369 e. The molecule has 0 spiro atoms. The number of rotatable bonds is 4. The molecule has 1 aromatic heterocycles. The number of hydrogen-bond acceptors (Lipinski definition) is 4. The van der Waals surface area contributed by atoms with Gasteiger partial charge in [0.2, 0.25) is 5.91 Å². The summed E-state index contributed by atoms with van der Waals surface area (Å²) in [5.74, 6) is 0.0903. The summed E-state index contributed by atoms with van der Waals surface area (Å²) in [4.78, 5) is 18.2. The molecule has 1 aliphatic heterocycles. The molecule has 0 atom stereocenters. The summed E-state index contributed by atoms with van der Waals surface area (Å²) < 4.78 is 0. The summed E-state index contributed by atoms with van der Waals surface area (Å²) in [6.07, 6.45) is 0. The van der Waals surface area contributed by atoms with Gasteiger partial charge in [-0.3, -0.25) is 9.69 Å². The van der Waals surface area contributed by atoms with Crippen molar-refractivity contribution < 1.29 is 4.79 Å². The molecule has 4 nitrogen and oxygen atoms in total. The number of nitrogens with one attached hydrogen (secondary N) is 1. The van der Waals surface area contributed by atoms with Gasteiger partial charge in [-0.1, -0.05) is 18.2 Å². The van der Waals surface area contributed by atoms with Gasteiger partial charge in [0.1, 0.15) is 0 Å². The predicted octanol–water partition coefficient (Wildman–Crippen LogP) is 3.43. The summed E-state index contributed by atoms with van der Waals surface area (Å²) in [5.41, 5.74) is 3.74. The van der Waals surface area contributed by atoms with E-state index in [2.05, 4.69) is 60.2 Å². The number of hydrogen-bond donors (Lipinski definition) is 1. The minimum absolute atomic E-state index is 0.0903. The van der Waals surface area contributed by atoms with Gasteiger partial charge in [-0.15, -0.1) is 11.3 Å². The van der Waals surface area contributed by atoms with Crippen molar-refractivity contribution in [3.05, 3.63) is 46.3 Å². The molecule has 2 heterocycles. The second-order valence-electron chi connectivity index (χ2n) is 6.38. The summed E-state index contributed by atoms with van der Waals surface area (Å²) >= 11 is 1.67. The molecule has 128 valence electrons. The van der Waals surface area contributed by atoms with E-state index >= 15 is 0 Å². The number of piperazine rings is 1. The van der Waals surface area contributed by atoms with Crippen LogP contribution in [0.15, 0.2) is 30.3 Å². The maximum Gasteiger partial charge on any atom is 0.239 e. The average Bonchev–Trinajstić information content (AvgIpc) is 2.83. The predicted molar refractivity (Wildman–Crippen MR) is 102 cm³/mol. The molecule has 1 aliphatic rings. The molecule has 0 aliphatic carbocycles. The Bertz CT molecular complexity index is 703. The van der Waals surface area contributed by atoms with E-state index < -0.39 is 0 Å². The third-order valence-electron chi connectivity index (χ3n) is 4.80. The number of anilines is 2. The van der Waals surface area contributed by atoms with E-state index in [0.717, 1.165) is 31.2 Å². The molecule has 1 fully saturated rings. The van der Waals surface area contributed by atoms with E-state index in [1.54, 1.807) is 11.3 Å². The monoisotopic (exact) mass is 343 g/mol. The molecule has 1 amide bonds. The number of amides is 1. The third-order valence-corrected chi connectivity index (χ3v) is 6.02. The van der Waals surface area contributed by atoms with E-state index in [0.29, 0.717) is 6.54 Å². The SMILES string of the molecule is Cc1sc(NC(=O)CN2CCN(c3ccccc3)CC2)c(C)c1C. The highest BCUT2D eigenvalue weighted by Gasteiger charge is 2.20. The third kappa shape index (κ3) is 3.79. The molecule has 2 aromatic rings. The Morgan fingerprint density at radius 1 is 1.04 bits per heavy atom. The highest BCUT2D eigenvalue weighted by Crippen LogP contribution is 2.31. The van der Waals surface area contributed by atoms with E-state index in [4.69, 9.17) is 0 Å². The van der Waals surface area contributed by atoms with Gasteiger partial charge in [0, 0.05) is 36.7 Å². The fourth-order valence-electron chi connectivity index (χ4n) is 3.03. The Balaban J connectivity index is 1.51. The van der Waals surface area contributed by atoms with Gasteiger partial charge >= 0.3 is 0 Å². The molecule has 5 heteroatoms. The van der Waals surface area contributed by atoms with Gasteiger partial charge in [-0.25, -0.2) is 0 Å². The smallest absolute Gasteiger partial charge is 0.239 e. The molecule has 1 N–H and O–H groups in total. The van der Waals surface area contributed by atoms with E-state index in [1.165, 1.54) is 21.7 Å². The number of carbonyl (C=O) groups excluding carboxylic acids is 1. The normalized spacial score (nSPS) is 15.5. The summed E-state index contributed by atoms with van der Waals surface area (Å²) in [6.45, 7) is 10.5. The first-order chi connectivity index (χ1) is 11.5. The van der Waals surface area contributed by atoms with E-state index in [-0.39, 0.29) is 5.91 Å². The molecule has 0 saturated carbocycles. The van der Waals surface area contributed by atoms with Crippen LogP contribution in [-0.4, -0.2) is 43.5 Å². The minimum atomic E-state index is 0.0903. The zero-order valence-corrected chi connectivity index (χ0v) is 15.4. The van der Waals surface area contributed by atoms with Crippen LogP contribution in [0.3, 0.4) is 0 Å². The maximum absolute atomic E-state index is 12.3. The number of para-hydroxylation sites is 1. The Kier molecular flexibility index (Phi) is 5.21. The lowest BCUT2D eigenvalue weighted by Gasteiger charge is -2.35. The Labute approximate surface area is 148 Å². The largest absolute Gasteiger partial charge is 0.369 e. The van der Waals surface area contributed by atoms with Gasteiger partial charge < -0.3 is 10.2 Å². The molecule has 24 heavy (non-hydrogen) atoms. The zero-order valence-electron chi connectivity index (χ0n) is 14.6. The maximum atomic E-state index is 12.3. The van der Waals surface area contributed by atoms with Crippen LogP contribution in [0.2, 0.25) is 0 Å². The van der Waals surface area contributed by atoms with Crippen molar-refractivity contribution in [3.63, 3.8) is 0 Å². The second kappa shape index (κ2) is 7.36. The van der Waals surface area contributed by atoms with Gasteiger partial charge in [0.05, 0.1) is 11.5 Å². The summed E-state index contributed by atoms with van der Waals surface area (Å²) in [6, 6.07) is 10.5. The van der Waals surface area contributed by atoms with Crippen molar-refractivity contribution in [1.29, 1.82) is 0 Å². The number of aryl methyl sites for hydroxylation is 1. The fraction of sp³-hybridized carbons (Fsp3) is 0.421. The van der Waals surface area contributed by atoms with Crippen LogP contribution in [0, 0.1) is 20.8 Å². The number of carbonyl (C=O) groups is 1. The molecule has 0 radical (unpaired) electrons. The lowest BCUT2D eigenvalue weighted by atomic mass is 10.2. The standard InChI is InChI=1S/C19H25N3OS/c1-14-15(2)19(24-16(14)3)20-18(23)13-21-9-11-22(12-10-21)17-7-5-4-6-8-17/h4-8H,9-13H2,1-3H3,(H,20,23).